The largest absolute Gasteiger partial charge is 0.383 e. The number of hydrogen-bond acceptors (Lipinski definition) is 4. The molecule has 0 heterocycles. The van der Waals surface area contributed by atoms with Gasteiger partial charge in [-0.25, -0.2) is 12.7 Å². The number of carbonyl (C=O) groups excluding carboxylic acids is 1. The maximum atomic E-state index is 12.1. The van der Waals surface area contributed by atoms with Gasteiger partial charge in [0.25, 0.3) is 0 Å². The first kappa shape index (κ1) is 16.4. The van der Waals surface area contributed by atoms with E-state index in [1.807, 2.05) is 14.1 Å². The van der Waals surface area contributed by atoms with Crippen LogP contribution in [-0.4, -0.2) is 51.1 Å². The van der Waals surface area contributed by atoms with Gasteiger partial charge in [-0.05, 0) is 24.3 Å². The van der Waals surface area contributed by atoms with Gasteiger partial charge in [0.2, 0.25) is 10.0 Å². The molecular formula is C14H20N2O3S. The minimum absolute atomic E-state index is 0.161. The Balaban J connectivity index is 2.98. The molecular weight excluding hydrogens is 276 g/mol. The second-order valence-corrected chi connectivity index (χ2v) is 6.63. The predicted octanol–water partition coefficient (Wildman–Crippen LogP) is 1.59. The fraction of sp³-hybridized carbons (Fsp3) is 0.357. The summed E-state index contributed by atoms with van der Waals surface area (Å²) >= 11 is 0. The van der Waals surface area contributed by atoms with E-state index in [4.69, 9.17) is 0 Å². The molecule has 0 radical (unpaired) electrons. The molecule has 0 saturated carbocycles. The first-order valence-electron chi connectivity index (χ1n) is 6.24. The van der Waals surface area contributed by atoms with Gasteiger partial charge in [-0.1, -0.05) is 6.92 Å². The normalized spacial score (nSPS) is 12.1. The summed E-state index contributed by atoms with van der Waals surface area (Å²) in [6, 6.07) is 5.97. The molecule has 0 amide bonds. The van der Waals surface area contributed by atoms with Gasteiger partial charge in [0, 0.05) is 45.5 Å². The molecule has 20 heavy (non-hydrogen) atoms. The zero-order valence-electron chi connectivity index (χ0n) is 12.2. The van der Waals surface area contributed by atoms with Gasteiger partial charge >= 0.3 is 0 Å². The van der Waals surface area contributed by atoms with Crippen LogP contribution in [0.5, 0.6) is 0 Å². The fourth-order valence-electron chi connectivity index (χ4n) is 1.45. The van der Waals surface area contributed by atoms with Gasteiger partial charge in [0.15, 0.2) is 5.78 Å². The quantitative estimate of drug-likeness (QED) is 0.591. The van der Waals surface area contributed by atoms with Crippen molar-refractivity contribution >= 4 is 15.8 Å². The molecule has 0 N–H and O–H groups in total. The smallest absolute Gasteiger partial charge is 0.242 e. The number of benzene rings is 1. The third-order valence-corrected chi connectivity index (χ3v) is 4.76. The molecule has 110 valence electrons. The predicted molar refractivity (Wildman–Crippen MR) is 79.1 cm³/mol. The lowest BCUT2D eigenvalue weighted by Crippen LogP contribution is -2.26. The van der Waals surface area contributed by atoms with E-state index in [-0.39, 0.29) is 10.7 Å². The van der Waals surface area contributed by atoms with E-state index in [1.165, 1.54) is 41.7 Å². The Morgan fingerprint density at radius 2 is 1.70 bits per heavy atom. The lowest BCUT2D eigenvalue weighted by Gasteiger charge is -2.14. The summed E-state index contributed by atoms with van der Waals surface area (Å²) in [6.07, 6.45) is 3.10. The summed E-state index contributed by atoms with van der Waals surface area (Å²) in [7, 11) is 1.70. The molecule has 0 saturated heterocycles. The Kier molecular flexibility index (Phi) is 5.47. The van der Waals surface area contributed by atoms with Crippen molar-refractivity contribution in [3.05, 3.63) is 42.1 Å². The number of nitrogens with zero attached hydrogens (tertiary/aromatic N) is 2. The Bertz CT molecular complexity index is 589. The molecule has 0 aliphatic heterocycles. The van der Waals surface area contributed by atoms with Crippen molar-refractivity contribution in [2.75, 3.05) is 27.7 Å². The van der Waals surface area contributed by atoms with Gasteiger partial charge in [-0.2, -0.15) is 0 Å². The summed E-state index contributed by atoms with van der Waals surface area (Å²) in [5.74, 6) is -0.161. The second-order valence-electron chi connectivity index (χ2n) is 4.59. The van der Waals surface area contributed by atoms with E-state index < -0.39 is 10.0 Å². The van der Waals surface area contributed by atoms with Crippen LogP contribution in [0, 0.1) is 0 Å². The highest BCUT2D eigenvalue weighted by Crippen LogP contribution is 2.15. The molecule has 0 bridgehead atoms. The van der Waals surface area contributed by atoms with Crippen LogP contribution in [0.2, 0.25) is 0 Å². The Morgan fingerprint density at radius 3 is 2.15 bits per heavy atom. The van der Waals surface area contributed by atoms with E-state index in [0.717, 1.165) is 0 Å². The van der Waals surface area contributed by atoms with Gasteiger partial charge in [0.1, 0.15) is 0 Å². The molecule has 1 rings (SSSR count). The number of carbonyl (C=O) groups is 1. The Labute approximate surface area is 120 Å². The molecule has 0 fully saturated rings. The summed E-state index contributed by atoms with van der Waals surface area (Å²) in [5, 5.41) is 0. The SMILES string of the molecule is CCN(C)S(=O)(=O)c1ccc(C(=O)/C=C/N(C)C)cc1. The maximum absolute atomic E-state index is 12.1. The molecule has 0 aliphatic rings. The molecule has 0 aromatic heterocycles. The Morgan fingerprint density at radius 1 is 1.15 bits per heavy atom. The zero-order valence-corrected chi connectivity index (χ0v) is 13.0. The highest BCUT2D eigenvalue weighted by atomic mass is 32.2. The average Bonchev–Trinajstić information content (AvgIpc) is 2.43. The maximum Gasteiger partial charge on any atom is 0.242 e. The van der Waals surface area contributed by atoms with E-state index >= 15 is 0 Å². The first-order chi connectivity index (χ1) is 9.28. The van der Waals surface area contributed by atoms with E-state index in [0.29, 0.717) is 12.1 Å². The van der Waals surface area contributed by atoms with Crippen LogP contribution in [0.1, 0.15) is 17.3 Å². The molecule has 0 aliphatic carbocycles. The van der Waals surface area contributed by atoms with Crippen LogP contribution < -0.4 is 0 Å². The lowest BCUT2D eigenvalue weighted by molar-refractivity contribution is 0.104. The molecule has 1 aromatic carbocycles. The first-order valence-corrected chi connectivity index (χ1v) is 7.68. The van der Waals surface area contributed by atoms with Crippen molar-refractivity contribution in [1.82, 2.24) is 9.21 Å². The summed E-state index contributed by atoms with van der Waals surface area (Å²) in [4.78, 5) is 13.8. The number of sulfonamides is 1. The van der Waals surface area contributed by atoms with Crippen LogP contribution in [0.3, 0.4) is 0 Å². The monoisotopic (exact) mass is 296 g/mol. The van der Waals surface area contributed by atoms with Crippen molar-refractivity contribution in [2.24, 2.45) is 0 Å². The van der Waals surface area contributed by atoms with Crippen molar-refractivity contribution < 1.29 is 13.2 Å². The highest BCUT2D eigenvalue weighted by Gasteiger charge is 2.19. The topological polar surface area (TPSA) is 57.7 Å². The van der Waals surface area contributed by atoms with Crippen LogP contribution in [0.4, 0.5) is 0 Å². The molecule has 0 spiro atoms. The molecule has 1 aromatic rings. The van der Waals surface area contributed by atoms with Gasteiger partial charge < -0.3 is 4.90 Å². The average molecular weight is 296 g/mol. The minimum atomic E-state index is -3.46. The van der Waals surface area contributed by atoms with E-state index in [9.17, 15) is 13.2 Å². The van der Waals surface area contributed by atoms with Crippen molar-refractivity contribution in [2.45, 2.75) is 11.8 Å². The van der Waals surface area contributed by atoms with Crippen molar-refractivity contribution in [3.63, 3.8) is 0 Å². The zero-order chi connectivity index (χ0) is 15.3. The van der Waals surface area contributed by atoms with E-state index in [2.05, 4.69) is 0 Å². The van der Waals surface area contributed by atoms with Gasteiger partial charge in [-0.3, -0.25) is 4.79 Å². The van der Waals surface area contributed by atoms with Crippen molar-refractivity contribution in [1.29, 1.82) is 0 Å². The third kappa shape index (κ3) is 3.91. The number of hydrogen-bond donors (Lipinski definition) is 0. The van der Waals surface area contributed by atoms with Crippen LogP contribution in [0.15, 0.2) is 41.4 Å². The number of rotatable bonds is 6. The summed E-state index contributed by atoms with van der Waals surface area (Å²) in [5.41, 5.74) is 0.459. The highest BCUT2D eigenvalue weighted by molar-refractivity contribution is 7.89. The minimum Gasteiger partial charge on any atom is -0.383 e. The van der Waals surface area contributed by atoms with Crippen LogP contribution in [-0.2, 0) is 10.0 Å². The number of ketones is 1. The molecule has 0 atom stereocenters. The lowest BCUT2D eigenvalue weighted by atomic mass is 10.1. The molecule has 5 nitrogen and oxygen atoms in total. The van der Waals surface area contributed by atoms with Gasteiger partial charge in [-0.15, -0.1) is 0 Å². The van der Waals surface area contributed by atoms with Crippen LogP contribution in [0.25, 0.3) is 0 Å². The summed E-state index contributed by atoms with van der Waals surface area (Å²) < 4.78 is 25.4. The third-order valence-electron chi connectivity index (χ3n) is 2.82. The standard InChI is InChI=1S/C14H20N2O3S/c1-5-16(4)20(18,19)13-8-6-12(7-9-13)14(17)10-11-15(2)3/h6-11H,5H2,1-4H3/b11-10+. The molecule has 6 heteroatoms. The van der Waals surface area contributed by atoms with E-state index in [1.54, 1.807) is 18.0 Å². The second kappa shape index (κ2) is 6.67. The van der Waals surface area contributed by atoms with Crippen LogP contribution >= 0.6 is 0 Å². The number of allylic oxidation sites excluding steroid dienone is 1. The van der Waals surface area contributed by atoms with Crippen molar-refractivity contribution in [3.8, 4) is 0 Å². The summed E-state index contributed by atoms with van der Waals surface area (Å²) in [6.45, 7) is 2.16. The Hall–Kier alpha value is -1.66. The van der Waals surface area contributed by atoms with Gasteiger partial charge in [0.05, 0.1) is 4.90 Å². The fourth-order valence-corrected chi connectivity index (χ4v) is 2.63. The molecule has 0 unspecified atom stereocenters.